The zero-order chi connectivity index (χ0) is 33.5. The normalized spacial score (nSPS) is 14.2. The van der Waals surface area contributed by atoms with Gasteiger partial charge < -0.3 is 34.9 Å². The van der Waals surface area contributed by atoms with Gasteiger partial charge in [-0.2, -0.15) is 0 Å². The van der Waals surface area contributed by atoms with Crippen LogP contribution in [0.3, 0.4) is 0 Å². The Labute approximate surface area is 271 Å². The lowest BCUT2D eigenvalue weighted by atomic mass is 9.95. The van der Waals surface area contributed by atoms with Gasteiger partial charge in [0.15, 0.2) is 16.6 Å². The number of nitrogens with zero attached hydrogens (tertiary/aromatic N) is 1. The zero-order valence-corrected chi connectivity index (χ0v) is 27.9. The zero-order valence-electron chi connectivity index (χ0n) is 27.1. The summed E-state index contributed by atoms with van der Waals surface area (Å²) in [4.78, 5) is 55.6. The number of carbonyl (C=O) groups excluding carboxylic acids is 3. The number of amides is 2. The molecule has 0 unspecified atom stereocenters. The molecule has 0 aliphatic heterocycles. The minimum atomic E-state index is -0.801. The topological polar surface area (TPSA) is 154 Å². The van der Waals surface area contributed by atoms with E-state index in [9.17, 15) is 19.2 Å². The van der Waals surface area contributed by atoms with Crippen LogP contribution in [0.2, 0.25) is 0 Å². The van der Waals surface area contributed by atoms with Crippen molar-refractivity contribution >= 4 is 39.9 Å². The molecule has 2 aromatic carbocycles. The van der Waals surface area contributed by atoms with Crippen LogP contribution in [0.5, 0.6) is 17.2 Å². The largest absolute Gasteiger partial charge is 0.493 e. The smallest absolute Gasteiger partial charge is 0.311 e. The SMILES string of the molecule is CCOC(=O)Cc1csc(NC(=O)[C@H](Nc2ccc3c(cc2=O)[C@H](NC(C)=O)CCc2cc(OC)c(OC)c(OC)c2-3)C(C)C)n1. The van der Waals surface area contributed by atoms with Crippen molar-refractivity contribution in [3.8, 4) is 28.4 Å². The molecular weight excluding hydrogens is 612 g/mol. The molecule has 3 N–H and O–H groups in total. The Morgan fingerprint density at radius 1 is 1.07 bits per heavy atom. The number of benzene rings is 1. The van der Waals surface area contributed by atoms with Gasteiger partial charge in [0.2, 0.25) is 23.0 Å². The van der Waals surface area contributed by atoms with Crippen molar-refractivity contribution in [3.05, 3.63) is 56.7 Å². The number of anilines is 2. The van der Waals surface area contributed by atoms with Gasteiger partial charge >= 0.3 is 5.97 Å². The van der Waals surface area contributed by atoms with Crippen molar-refractivity contribution in [3.63, 3.8) is 0 Å². The Hall–Kier alpha value is -4.65. The van der Waals surface area contributed by atoms with Crippen molar-refractivity contribution in [2.45, 2.75) is 59.0 Å². The number of aryl methyl sites for hydroxylation is 1. The average Bonchev–Trinajstić information content (AvgIpc) is 3.30. The highest BCUT2D eigenvalue weighted by molar-refractivity contribution is 7.14. The van der Waals surface area contributed by atoms with Crippen LogP contribution in [0.15, 0.2) is 34.4 Å². The number of esters is 1. The summed E-state index contributed by atoms with van der Waals surface area (Å²) in [6, 6.07) is 5.56. The molecule has 0 bridgehead atoms. The fourth-order valence-electron chi connectivity index (χ4n) is 5.52. The quantitative estimate of drug-likeness (QED) is 0.238. The molecule has 46 heavy (non-hydrogen) atoms. The van der Waals surface area contributed by atoms with Crippen LogP contribution in [0, 0.1) is 5.92 Å². The van der Waals surface area contributed by atoms with E-state index in [0.717, 1.165) is 11.1 Å². The van der Waals surface area contributed by atoms with Crippen LogP contribution < -0.4 is 35.6 Å². The number of aromatic nitrogens is 1. The van der Waals surface area contributed by atoms with Crippen LogP contribution >= 0.6 is 11.3 Å². The summed E-state index contributed by atoms with van der Waals surface area (Å²) in [7, 11) is 4.61. The number of carbonyl (C=O) groups is 3. The predicted octanol–water partition coefficient (Wildman–Crippen LogP) is 4.50. The molecule has 246 valence electrons. The van der Waals surface area contributed by atoms with Gasteiger partial charge in [-0.1, -0.05) is 19.9 Å². The van der Waals surface area contributed by atoms with E-state index < -0.39 is 18.1 Å². The second-order valence-corrected chi connectivity index (χ2v) is 11.9. The van der Waals surface area contributed by atoms with Gasteiger partial charge in [0, 0.05) is 17.9 Å². The van der Waals surface area contributed by atoms with Crippen LogP contribution in [0.25, 0.3) is 11.1 Å². The first-order chi connectivity index (χ1) is 22.0. The van der Waals surface area contributed by atoms with Crippen molar-refractivity contribution in [1.82, 2.24) is 10.3 Å². The van der Waals surface area contributed by atoms with E-state index in [1.54, 1.807) is 31.5 Å². The predicted molar refractivity (Wildman–Crippen MR) is 176 cm³/mol. The maximum absolute atomic E-state index is 13.8. The molecular formula is C33H40N4O8S. The first-order valence-corrected chi connectivity index (χ1v) is 15.8. The molecule has 1 aliphatic carbocycles. The molecule has 3 aromatic rings. The summed E-state index contributed by atoms with van der Waals surface area (Å²) < 4.78 is 22.1. The molecule has 0 fully saturated rings. The first kappa shape index (κ1) is 34.2. The molecule has 0 radical (unpaired) electrons. The van der Waals surface area contributed by atoms with E-state index in [2.05, 4.69) is 20.9 Å². The highest BCUT2D eigenvalue weighted by atomic mass is 32.1. The Bertz CT molecular complexity index is 1670. The Morgan fingerprint density at radius 3 is 2.43 bits per heavy atom. The van der Waals surface area contributed by atoms with Gasteiger partial charge in [-0.3, -0.25) is 19.2 Å². The van der Waals surface area contributed by atoms with Crippen LogP contribution in [0.1, 0.15) is 57.0 Å². The first-order valence-electron chi connectivity index (χ1n) is 15.0. The van der Waals surface area contributed by atoms with E-state index in [1.165, 1.54) is 38.5 Å². The van der Waals surface area contributed by atoms with Gasteiger partial charge in [-0.25, -0.2) is 4.98 Å². The van der Waals surface area contributed by atoms with Crippen LogP contribution in [0.4, 0.5) is 10.8 Å². The summed E-state index contributed by atoms with van der Waals surface area (Å²) in [5, 5.41) is 11.0. The molecule has 2 atom stereocenters. The molecule has 2 amide bonds. The second-order valence-electron chi connectivity index (χ2n) is 11.1. The summed E-state index contributed by atoms with van der Waals surface area (Å²) in [5.41, 5.74) is 3.25. The Balaban J connectivity index is 1.74. The fraction of sp³-hybridized carbons (Fsp3) is 0.424. The summed E-state index contributed by atoms with van der Waals surface area (Å²) >= 11 is 1.20. The Kier molecular flexibility index (Phi) is 11.2. The maximum Gasteiger partial charge on any atom is 0.311 e. The molecule has 1 heterocycles. The number of rotatable bonds is 12. The molecule has 12 nitrogen and oxygen atoms in total. The lowest BCUT2D eigenvalue weighted by molar-refractivity contribution is -0.142. The lowest BCUT2D eigenvalue weighted by Crippen LogP contribution is -2.39. The maximum atomic E-state index is 13.8. The number of ether oxygens (including phenoxy) is 4. The average molecular weight is 653 g/mol. The van der Waals surface area contributed by atoms with Gasteiger partial charge in [-0.15, -0.1) is 11.3 Å². The minimum Gasteiger partial charge on any atom is -0.493 e. The molecule has 4 rings (SSSR count). The molecule has 1 aliphatic rings. The third-order valence-electron chi connectivity index (χ3n) is 7.59. The fourth-order valence-corrected chi connectivity index (χ4v) is 6.23. The van der Waals surface area contributed by atoms with E-state index >= 15 is 0 Å². The highest BCUT2D eigenvalue weighted by Gasteiger charge is 2.30. The number of fused-ring (bicyclic) bond motifs is 3. The minimum absolute atomic E-state index is 0.00282. The van der Waals surface area contributed by atoms with E-state index in [0.29, 0.717) is 52.0 Å². The second kappa shape index (κ2) is 15.1. The summed E-state index contributed by atoms with van der Waals surface area (Å²) in [6.45, 7) is 7.16. The number of thiazole rings is 1. The van der Waals surface area contributed by atoms with Crippen molar-refractivity contribution < 1.29 is 33.3 Å². The van der Waals surface area contributed by atoms with Gasteiger partial charge in [0.1, 0.15) is 6.04 Å². The third-order valence-corrected chi connectivity index (χ3v) is 8.40. The van der Waals surface area contributed by atoms with Gasteiger partial charge in [0.25, 0.3) is 0 Å². The van der Waals surface area contributed by atoms with Gasteiger partial charge in [0.05, 0.1) is 51.8 Å². The van der Waals surface area contributed by atoms with E-state index in [1.807, 2.05) is 19.9 Å². The van der Waals surface area contributed by atoms with Crippen molar-refractivity contribution in [1.29, 1.82) is 0 Å². The van der Waals surface area contributed by atoms with Crippen molar-refractivity contribution in [2.75, 3.05) is 38.6 Å². The van der Waals surface area contributed by atoms with Gasteiger partial charge in [-0.05, 0) is 60.6 Å². The number of nitrogens with one attached hydrogen (secondary N) is 3. The molecule has 0 saturated carbocycles. The molecule has 0 saturated heterocycles. The Morgan fingerprint density at radius 2 is 1.80 bits per heavy atom. The van der Waals surface area contributed by atoms with E-state index in [-0.39, 0.29) is 41.9 Å². The molecule has 1 aromatic heterocycles. The summed E-state index contributed by atoms with van der Waals surface area (Å²) in [5.74, 6) is 0.119. The number of hydrogen-bond acceptors (Lipinski definition) is 11. The highest BCUT2D eigenvalue weighted by Crippen LogP contribution is 2.50. The molecule has 13 heteroatoms. The number of hydrogen-bond donors (Lipinski definition) is 3. The standard InChI is InChI=1S/C33H40N4O8S/c1-8-45-27(40)14-20-16-46-33(35-20)37-32(41)29(17(2)3)36-24-12-10-21-22(15-25(24)39)23(34-18(4)38)11-9-19-13-26(42-5)30(43-6)31(44-7)28(19)21/h10,12-13,15-17,23,29H,8-9,11,14H2,1-7H3,(H,34,38)(H,36,39)(H,35,37,41)/t23-,29-/m1/s1. The number of methoxy groups -OCH3 is 3. The van der Waals surface area contributed by atoms with Crippen molar-refractivity contribution in [2.24, 2.45) is 5.92 Å². The molecule has 0 spiro atoms. The van der Waals surface area contributed by atoms with Crippen LogP contribution in [-0.4, -0.2) is 56.7 Å². The lowest BCUT2D eigenvalue weighted by Gasteiger charge is -2.21. The van der Waals surface area contributed by atoms with Crippen LogP contribution in [-0.2, 0) is 32.0 Å². The monoisotopic (exact) mass is 652 g/mol. The summed E-state index contributed by atoms with van der Waals surface area (Å²) in [6.07, 6.45) is 1.10. The third kappa shape index (κ3) is 7.58. The van der Waals surface area contributed by atoms with E-state index in [4.69, 9.17) is 18.9 Å².